The van der Waals surface area contributed by atoms with Crippen LogP contribution in [-0.4, -0.2) is 44.5 Å². The Hall–Kier alpha value is -2.38. The molecule has 104 valence electrons. The number of amides is 1. The SMILES string of the molecule is CCN(CC)C(=O)Cn1cc([N+](=O)[O-])cc1C(=O)O. The molecule has 0 aromatic carbocycles. The molecular formula is C11H15N3O5. The summed E-state index contributed by atoms with van der Waals surface area (Å²) in [5, 5.41) is 19.6. The highest BCUT2D eigenvalue weighted by Gasteiger charge is 2.21. The smallest absolute Gasteiger partial charge is 0.352 e. The summed E-state index contributed by atoms with van der Waals surface area (Å²) in [5.41, 5.74) is -0.614. The quantitative estimate of drug-likeness (QED) is 0.611. The summed E-state index contributed by atoms with van der Waals surface area (Å²) in [7, 11) is 0. The van der Waals surface area contributed by atoms with Gasteiger partial charge in [0.25, 0.3) is 5.69 Å². The monoisotopic (exact) mass is 269 g/mol. The van der Waals surface area contributed by atoms with E-state index >= 15 is 0 Å². The minimum Gasteiger partial charge on any atom is -0.477 e. The van der Waals surface area contributed by atoms with Gasteiger partial charge in [-0.3, -0.25) is 14.9 Å². The third kappa shape index (κ3) is 3.30. The first kappa shape index (κ1) is 14.7. The number of aromatic carboxylic acids is 1. The van der Waals surface area contributed by atoms with E-state index in [9.17, 15) is 19.7 Å². The molecule has 8 heteroatoms. The van der Waals surface area contributed by atoms with Gasteiger partial charge in [0.2, 0.25) is 5.91 Å². The maximum absolute atomic E-state index is 11.9. The van der Waals surface area contributed by atoms with Crippen LogP contribution in [0.15, 0.2) is 12.3 Å². The Bertz CT molecular complexity index is 504. The lowest BCUT2D eigenvalue weighted by atomic mass is 10.4. The fourth-order valence-electron chi connectivity index (χ4n) is 1.73. The summed E-state index contributed by atoms with van der Waals surface area (Å²) < 4.78 is 1.08. The van der Waals surface area contributed by atoms with Gasteiger partial charge in [0, 0.05) is 19.2 Å². The van der Waals surface area contributed by atoms with Crippen LogP contribution < -0.4 is 0 Å². The Morgan fingerprint density at radius 2 is 2.00 bits per heavy atom. The van der Waals surface area contributed by atoms with Crippen molar-refractivity contribution in [1.82, 2.24) is 9.47 Å². The molecule has 0 spiro atoms. The van der Waals surface area contributed by atoms with E-state index in [2.05, 4.69) is 0 Å². The van der Waals surface area contributed by atoms with Crippen molar-refractivity contribution < 1.29 is 19.6 Å². The van der Waals surface area contributed by atoms with Crippen molar-refractivity contribution in [2.24, 2.45) is 0 Å². The molecule has 8 nitrogen and oxygen atoms in total. The molecule has 0 aliphatic rings. The highest BCUT2D eigenvalue weighted by molar-refractivity contribution is 5.88. The predicted molar refractivity (Wildman–Crippen MR) is 66.0 cm³/mol. The van der Waals surface area contributed by atoms with Gasteiger partial charge in [-0.2, -0.15) is 0 Å². The van der Waals surface area contributed by atoms with E-state index in [1.54, 1.807) is 13.8 Å². The highest BCUT2D eigenvalue weighted by Crippen LogP contribution is 2.16. The molecule has 0 radical (unpaired) electrons. The molecule has 0 aliphatic carbocycles. The maximum atomic E-state index is 11.9. The number of carboxylic acid groups (broad SMARTS) is 1. The number of carbonyl (C=O) groups is 2. The van der Waals surface area contributed by atoms with E-state index in [4.69, 9.17) is 5.11 Å². The number of hydrogen-bond acceptors (Lipinski definition) is 4. The number of rotatable bonds is 6. The topological polar surface area (TPSA) is 106 Å². The average molecular weight is 269 g/mol. The third-order valence-electron chi connectivity index (χ3n) is 2.73. The van der Waals surface area contributed by atoms with E-state index in [-0.39, 0.29) is 23.8 Å². The normalized spacial score (nSPS) is 10.2. The Balaban J connectivity index is 3.02. The van der Waals surface area contributed by atoms with Crippen LogP contribution >= 0.6 is 0 Å². The number of nitro groups is 1. The summed E-state index contributed by atoms with van der Waals surface area (Å²) in [6, 6.07) is 0.942. The van der Waals surface area contributed by atoms with Crippen LogP contribution in [-0.2, 0) is 11.3 Å². The largest absolute Gasteiger partial charge is 0.477 e. The van der Waals surface area contributed by atoms with Crippen molar-refractivity contribution in [3.05, 3.63) is 28.1 Å². The Morgan fingerprint density at radius 3 is 2.42 bits per heavy atom. The Morgan fingerprint density at radius 1 is 1.42 bits per heavy atom. The predicted octanol–water partition coefficient (Wildman–Crippen LogP) is 0.963. The van der Waals surface area contributed by atoms with Gasteiger partial charge in [0.15, 0.2) is 0 Å². The van der Waals surface area contributed by atoms with Crippen LogP contribution in [0.25, 0.3) is 0 Å². The van der Waals surface area contributed by atoms with Gasteiger partial charge in [-0.15, -0.1) is 0 Å². The molecule has 0 saturated heterocycles. The van der Waals surface area contributed by atoms with Gasteiger partial charge in [-0.1, -0.05) is 0 Å². The summed E-state index contributed by atoms with van der Waals surface area (Å²) >= 11 is 0. The van der Waals surface area contributed by atoms with E-state index < -0.39 is 10.9 Å². The zero-order chi connectivity index (χ0) is 14.6. The van der Waals surface area contributed by atoms with Gasteiger partial charge in [0.05, 0.1) is 11.1 Å². The van der Waals surface area contributed by atoms with E-state index in [1.165, 1.54) is 4.90 Å². The van der Waals surface area contributed by atoms with Crippen molar-refractivity contribution in [1.29, 1.82) is 0 Å². The summed E-state index contributed by atoms with van der Waals surface area (Å²) in [5.74, 6) is -1.58. The molecule has 0 atom stereocenters. The number of nitrogens with zero attached hydrogens (tertiary/aromatic N) is 3. The molecule has 0 fully saturated rings. The van der Waals surface area contributed by atoms with Crippen LogP contribution in [0, 0.1) is 10.1 Å². The number of carbonyl (C=O) groups excluding carboxylic acids is 1. The molecule has 0 aliphatic heterocycles. The van der Waals surface area contributed by atoms with Gasteiger partial charge in [-0.05, 0) is 13.8 Å². The number of carboxylic acids is 1. The van der Waals surface area contributed by atoms with Crippen LogP contribution in [0.1, 0.15) is 24.3 Å². The molecule has 1 rings (SSSR count). The minimum absolute atomic E-state index is 0.225. The van der Waals surface area contributed by atoms with Crippen molar-refractivity contribution in [3.63, 3.8) is 0 Å². The second-order valence-electron chi connectivity index (χ2n) is 3.84. The molecule has 19 heavy (non-hydrogen) atoms. The van der Waals surface area contributed by atoms with Crippen LogP contribution in [0.4, 0.5) is 5.69 Å². The minimum atomic E-state index is -1.31. The number of likely N-dealkylation sites (N-methyl/N-ethyl adjacent to an activating group) is 1. The first-order valence-corrected chi connectivity index (χ1v) is 5.76. The van der Waals surface area contributed by atoms with Gasteiger partial charge in [-0.25, -0.2) is 4.79 Å². The number of hydrogen-bond donors (Lipinski definition) is 1. The van der Waals surface area contributed by atoms with Crippen molar-refractivity contribution in [2.45, 2.75) is 20.4 Å². The van der Waals surface area contributed by atoms with Gasteiger partial charge in [0.1, 0.15) is 12.2 Å². The fraction of sp³-hybridized carbons (Fsp3) is 0.455. The Labute approximate surface area is 109 Å². The van der Waals surface area contributed by atoms with E-state index in [1.807, 2.05) is 0 Å². The van der Waals surface area contributed by atoms with Gasteiger partial charge < -0.3 is 14.6 Å². The molecule has 0 bridgehead atoms. The van der Waals surface area contributed by atoms with Crippen LogP contribution in [0.3, 0.4) is 0 Å². The van der Waals surface area contributed by atoms with Crippen LogP contribution in [0.5, 0.6) is 0 Å². The lowest BCUT2D eigenvalue weighted by Gasteiger charge is -2.19. The molecule has 1 aromatic rings. The van der Waals surface area contributed by atoms with Crippen molar-refractivity contribution >= 4 is 17.6 Å². The molecule has 0 saturated carbocycles. The average Bonchev–Trinajstić information content (AvgIpc) is 2.74. The summed E-state index contributed by atoms with van der Waals surface area (Å²) in [4.78, 5) is 34.3. The summed E-state index contributed by atoms with van der Waals surface area (Å²) in [6.07, 6.45) is 1.06. The van der Waals surface area contributed by atoms with E-state index in [0.29, 0.717) is 13.1 Å². The Kier molecular flexibility index (Phi) is 4.62. The van der Waals surface area contributed by atoms with Gasteiger partial charge >= 0.3 is 5.97 Å². The molecule has 1 N–H and O–H groups in total. The summed E-state index contributed by atoms with van der Waals surface area (Å²) in [6.45, 7) is 4.38. The van der Waals surface area contributed by atoms with Crippen molar-refractivity contribution in [3.8, 4) is 0 Å². The lowest BCUT2D eigenvalue weighted by Crippen LogP contribution is -2.33. The highest BCUT2D eigenvalue weighted by atomic mass is 16.6. The molecule has 1 heterocycles. The first-order valence-electron chi connectivity index (χ1n) is 5.76. The molecule has 1 amide bonds. The maximum Gasteiger partial charge on any atom is 0.352 e. The zero-order valence-corrected chi connectivity index (χ0v) is 10.7. The standard InChI is InChI=1S/C11H15N3O5/c1-3-12(4-2)10(15)7-13-6-8(14(18)19)5-9(13)11(16)17/h5-6H,3-4,7H2,1-2H3,(H,16,17). The third-order valence-corrected chi connectivity index (χ3v) is 2.73. The zero-order valence-electron chi connectivity index (χ0n) is 10.7. The number of aromatic nitrogens is 1. The van der Waals surface area contributed by atoms with Crippen molar-refractivity contribution in [2.75, 3.05) is 13.1 Å². The molecular weight excluding hydrogens is 254 g/mol. The fourth-order valence-corrected chi connectivity index (χ4v) is 1.73. The first-order chi connectivity index (χ1) is 8.90. The van der Waals surface area contributed by atoms with Crippen LogP contribution in [0.2, 0.25) is 0 Å². The molecule has 1 aromatic heterocycles. The lowest BCUT2D eigenvalue weighted by molar-refractivity contribution is -0.384. The second kappa shape index (κ2) is 5.98. The molecule has 0 unspecified atom stereocenters. The van der Waals surface area contributed by atoms with E-state index in [0.717, 1.165) is 16.8 Å². The second-order valence-corrected chi connectivity index (χ2v) is 3.84.